The second-order valence-electron chi connectivity index (χ2n) is 6.26. The molecule has 30 heavy (non-hydrogen) atoms. The number of ether oxygens (including phenoxy) is 1. The predicted octanol–water partition coefficient (Wildman–Crippen LogP) is 3.67. The third kappa shape index (κ3) is 5.76. The maximum Gasteiger partial charge on any atom is 0.387 e. The van der Waals surface area contributed by atoms with Gasteiger partial charge in [-0.2, -0.15) is 8.78 Å². The number of benzene rings is 2. The van der Waals surface area contributed by atoms with E-state index < -0.39 is 12.4 Å². The molecule has 10 heteroatoms. The number of amides is 1. The van der Waals surface area contributed by atoms with Gasteiger partial charge < -0.3 is 14.6 Å². The minimum absolute atomic E-state index is 0.0904. The second kappa shape index (κ2) is 10.1. The Kier molecular flexibility index (Phi) is 7.34. The van der Waals surface area contributed by atoms with Crippen LogP contribution < -0.4 is 10.1 Å². The molecule has 0 aliphatic rings. The molecule has 2 aromatic carbocycles. The molecule has 3 aromatic rings. The van der Waals surface area contributed by atoms with Gasteiger partial charge >= 0.3 is 6.61 Å². The highest BCUT2D eigenvalue weighted by atomic mass is 32.2. The summed E-state index contributed by atoms with van der Waals surface area (Å²) in [6.45, 7) is -2.46. The Labute approximate surface area is 175 Å². The van der Waals surface area contributed by atoms with Gasteiger partial charge in [-0.1, -0.05) is 36.0 Å². The largest absolute Gasteiger partial charge is 0.435 e. The smallest absolute Gasteiger partial charge is 0.387 e. The normalized spacial score (nSPS) is 11.0. The van der Waals surface area contributed by atoms with Crippen LogP contribution in [-0.4, -0.2) is 39.6 Å². The summed E-state index contributed by atoms with van der Waals surface area (Å²) in [5, 5.41) is 11.3. The molecule has 6 nitrogen and oxygen atoms in total. The van der Waals surface area contributed by atoms with Gasteiger partial charge in [0, 0.05) is 13.6 Å². The van der Waals surface area contributed by atoms with Crippen molar-refractivity contribution in [2.24, 2.45) is 7.05 Å². The Morgan fingerprint density at radius 2 is 1.90 bits per heavy atom. The number of aromatic nitrogens is 3. The summed E-state index contributed by atoms with van der Waals surface area (Å²) in [5.41, 5.74) is 1.22. The average molecular weight is 436 g/mol. The molecule has 1 aromatic heterocycles. The van der Waals surface area contributed by atoms with Gasteiger partial charge in [-0.25, -0.2) is 4.39 Å². The molecule has 0 bridgehead atoms. The van der Waals surface area contributed by atoms with Crippen LogP contribution in [0, 0.1) is 5.82 Å². The van der Waals surface area contributed by atoms with Crippen LogP contribution in [0.1, 0.15) is 5.56 Å². The molecule has 158 valence electrons. The Bertz CT molecular complexity index is 996. The van der Waals surface area contributed by atoms with Crippen molar-refractivity contribution in [1.82, 2.24) is 20.1 Å². The highest BCUT2D eigenvalue weighted by Crippen LogP contribution is 2.24. The van der Waals surface area contributed by atoms with Gasteiger partial charge in [0.25, 0.3) is 0 Å². The Hall–Kier alpha value is -3.01. The van der Waals surface area contributed by atoms with Crippen LogP contribution in [0.2, 0.25) is 0 Å². The zero-order valence-corrected chi connectivity index (χ0v) is 16.8. The first-order valence-electron chi connectivity index (χ1n) is 9.01. The van der Waals surface area contributed by atoms with Crippen LogP contribution in [0.3, 0.4) is 0 Å². The SMILES string of the molecule is Cn1c(SCC(=O)NCCc2ccc(OC(F)F)cc2)nnc1-c1ccccc1F. The number of rotatable bonds is 9. The van der Waals surface area contributed by atoms with Gasteiger partial charge in [0.05, 0.1) is 11.3 Å². The summed E-state index contributed by atoms with van der Waals surface area (Å²) in [6, 6.07) is 12.5. The van der Waals surface area contributed by atoms with E-state index in [1.165, 1.54) is 30.0 Å². The van der Waals surface area contributed by atoms with Crippen LogP contribution in [0.25, 0.3) is 11.4 Å². The quantitative estimate of drug-likeness (QED) is 0.519. The van der Waals surface area contributed by atoms with E-state index >= 15 is 0 Å². The lowest BCUT2D eigenvalue weighted by atomic mass is 10.1. The summed E-state index contributed by atoms with van der Waals surface area (Å²) in [7, 11) is 1.71. The van der Waals surface area contributed by atoms with Crippen molar-refractivity contribution in [1.29, 1.82) is 0 Å². The molecule has 0 fully saturated rings. The number of thioether (sulfide) groups is 1. The number of hydrogen-bond acceptors (Lipinski definition) is 5. The molecule has 0 unspecified atom stereocenters. The number of nitrogens with zero attached hydrogens (tertiary/aromatic N) is 3. The molecule has 1 N–H and O–H groups in total. The number of carbonyl (C=O) groups is 1. The van der Waals surface area contributed by atoms with Gasteiger partial charge in [-0.05, 0) is 36.2 Å². The number of hydrogen-bond donors (Lipinski definition) is 1. The predicted molar refractivity (Wildman–Crippen MR) is 107 cm³/mol. The van der Waals surface area contributed by atoms with Crippen molar-refractivity contribution in [3.05, 3.63) is 59.9 Å². The molecular formula is C20H19F3N4O2S. The van der Waals surface area contributed by atoms with Crippen LogP contribution in [0.5, 0.6) is 5.75 Å². The standard InChI is InChI=1S/C20H19F3N4O2S/c1-27-18(15-4-2-3-5-16(15)21)25-26-20(27)30-12-17(28)24-11-10-13-6-8-14(9-7-13)29-19(22)23/h2-9,19H,10-12H2,1H3,(H,24,28). The fourth-order valence-corrected chi connectivity index (χ4v) is 3.42. The molecule has 0 radical (unpaired) electrons. The van der Waals surface area contributed by atoms with E-state index in [9.17, 15) is 18.0 Å². The highest BCUT2D eigenvalue weighted by molar-refractivity contribution is 7.99. The van der Waals surface area contributed by atoms with Crippen LogP contribution in [-0.2, 0) is 18.3 Å². The highest BCUT2D eigenvalue weighted by Gasteiger charge is 2.15. The van der Waals surface area contributed by atoms with Crippen LogP contribution >= 0.6 is 11.8 Å². The number of alkyl halides is 2. The molecule has 0 spiro atoms. The first kappa shape index (κ1) is 21.7. The van der Waals surface area contributed by atoms with Gasteiger partial charge in [-0.3, -0.25) is 4.79 Å². The lowest BCUT2D eigenvalue weighted by Crippen LogP contribution is -2.27. The molecule has 0 saturated carbocycles. The van der Waals surface area contributed by atoms with E-state index in [1.54, 1.807) is 41.9 Å². The Balaban J connectivity index is 1.46. The maximum atomic E-state index is 13.9. The lowest BCUT2D eigenvalue weighted by Gasteiger charge is -2.07. The number of halogens is 3. The fourth-order valence-electron chi connectivity index (χ4n) is 2.68. The first-order valence-corrected chi connectivity index (χ1v) is 10.00. The van der Waals surface area contributed by atoms with E-state index in [0.717, 1.165) is 5.56 Å². The van der Waals surface area contributed by atoms with Gasteiger partial charge in [0.2, 0.25) is 5.91 Å². The van der Waals surface area contributed by atoms with E-state index in [4.69, 9.17) is 0 Å². The minimum atomic E-state index is -2.86. The summed E-state index contributed by atoms with van der Waals surface area (Å²) >= 11 is 1.20. The molecule has 0 saturated heterocycles. The van der Waals surface area contributed by atoms with E-state index in [0.29, 0.717) is 29.5 Å². The number of nitrogens with one attached hydrogen (secondary N) is 1. The molecule has 1 amide bonds. The lowest BCUT2D eigenvalue weighted by molar-refractivity contribution is -0.118. The van der Waals surface area contributed by atoms with Crippen LogP contribution in [0.4, 0.5) is 13.2 Å². The minimum Gasteiger partial charge on any atom is -0.435 e. The van der Waals surface area contributed by atoms with Crippen molar-refractivity contribution >= 4 is 17.7 Å². The summed E-state index contributed by atoms with van der Waals surface area (Å²) in [5.74, 6) is 0.0248. The second-order valence-corrected chi connectivity index (χ2v) is 7.20. The summed E-state index contributed by atoms with van der Waals surface area (Å²) in [4.78, 5) is 12.1. The monoisotopic (exact) mass is 436 g/mol. The maximum absolute atomic E-state index is 13.9. The van der Waals surface area contributed by atoms with E-state index in [1.807, 2.05) is 0 Å². The van der Waals surface area contributed by atoms with Gasteiger partial charge in [-0.15, -0.1) is 10.2 Å². The van der Waals surface area contributed by atoms with Crippen LogP contribution in [0.15, 0.2) is 53.7 Å². The Morgan fingerprint density at radius 3 is 2.60 bits per heavy atom. The number of carbonyl (C=O) groups excluding carboxylic acids is 1. The summed E-state index contributed by atoms with van der Waals surface area (Å²) < 4.78 is 44.2. The molecule has 0 aliphatic carbocycles. The van der Waals surface area contributed by atoms with E-state index in [2.05, 4.69) is 20.3 Å². The zero-order valence-electron chi connectivity index (χ0n) is 16.0. The zero-order chi connectivity index (χ0) is 21.5. The first-order chi connectivity index (χ1) is 14.4. The molecular weight excluding hydrogens is 417 g/mol. The van der Waals surface area contributed by atoms with Crippen molar-refractivity contribution in [2.45, 2.75) is 18.2 Å². The van der Waals surface area contributed by atoms with Gasteiger partial charge in [0.15, 0.2) is 11.0 Å². The van der Waals surface area contributed by atoms with E-state index in [-0.39, 0.29) is 17.4 Å². The Morgan fingerprint density at radius 1 is 1.17 bits per heavy atom. The molecule has 0 aliphatic heterocycles. The molecule has 0 atom stereocenters. The van der Waals surface area contributed by atoms with Crippen molar-refractivity contribution in [2.75, 3.05) is 12.3 Å². The molecule has 3 rings (SSSR count). The van der Waals surface area contributed by atoms with Crippen molar-refractivity contribution in [3.8, 4) is 17.1 Å². The topological polar surface area (TPSA) is 69.0 Å². The third-order valence-corrected chi connectivity index (χ3v) is 5.19. The average Bonchev–Trinajstić information content (AvgIpc) is 3.08. The van der Waals surface area contributed by atoms with Crippen molar-refractivity contribution in [3.63, 3.8) is 0 Å². The third-order valence-electron chi connectivity index (χ3n) is 4.17. The summed E-state index contributed by atoms with van der Waals surface area (Å²) in [6.07, 6.45) is 0.548. The van der Waals surface area contributed by atoms with Gasteiger partial charge in [0.1, 0.15) is 11.6 Å². The fraction of sp³-hybridized carbons (Fsp3) is 0.250. The van der Waals surface area contributed by atoms with Crippen molar-refractivity contribution < 1.29 is 22.7 Å². The molecule has 1 heterocycles.